The fourth-order valence-corrected chi connectivity index (χ4v) is 4.39. The zero-order chi connectivity index (χ0) is 25.5. The molecule has 0 saturated heterocycles. The molecule has 9 heteroatoms. The maximum Gasteiger partial charge on any atom is 0.244 e. The van der Waals surface area contributed by atoms with E-state index in [0.29, 0.717) is 18.5 Å². The summed E-state index contributed by atoms with van der Waals surface area (Å²) in [6.45, 7) is 6.54. The van der Waals surface area contributed by atoms with Crippen molar-refractivity contribution in [2.45, 2.75) is 59.2 Å². The fourth-order valence-electron chi connectivity index (χ4n) is 3.51. The minimum atomic E-state index is -3.82. The summed E-state index contributed by atoms with van der Waals surface area (Å²) in [5.41, 5.74) is 1.41. The second-order valence-corrected chi connectivity index (χ2v) is 10.3. The molecule has 0 saturated carbocycles. The molecule has 2 aromatic carbocycles. The Kier molecular flexibility index (Phi) is 9.61. The number of hydrogen-bond donors (Lipinski definition) is 1. The van der Waals surface area contributed by atoms with Gasteiger partial charge in [-0.3, -0.25) is 13.9 Å². The summed E-state index contributed by atoms with van der Waals surface area (Å²) in [4.78, 5) is 27.6. The van der Waals surface area contributed by atoms with Gasteiger partial charge in [-0.05, 0) is 44.4 Å². The Morgan fingerprint density at radius 1 is 1.00 bits per heavy atom. The number of anilines is 1. The Balaban J connectivity index is 2.44. The zero-order valence-corrected chi connectivity index (χ0v) is 21.2. The number of nitrogens with one attached hydrogen (secondary N) is 1. The molecule has 1 N–H and O–H groups in total. The maximum atomic E-state index is 14.4. The Morgan fingerprint density at radius 3 is 2.15 bits per heavy atom. The first kappa shape index (κ1) is 27.3. The van der Waals surface area contributed by atoms with E-state index in [1.807, 2.05) is 20.8 Å². The lowest BCUT2D eigenvalue weighted by atomic mass is 10.1. The first-order valence-electron chi connectivity index (χ1n) is 11.4. The first-order chi connectivity index (χ1) is 16.0. The molecule has 2 aromatic rings. The highest BCUT2D eigenvalue weighted by Crippen LogP contribution is 2.24. The van der Waals surface area contributed by atoms with Crippen LogP contribution in [0.25, 0.3) is 0 Å². The summed E-state index contributed by atoms with van der Waals surface area (Å²) in [7, 11) is -3.82. The molecule has 0 aliphatic heterocycles. The average molecular weight is 492 g/mol. The molecule has 0 radical (unpaired) electrons. The minimum absolute atomic E-state index is 0.107. The van der Waals surface area contributed by atoms with Gasteiger partial charge < -0.3 is 10.2 Å². The van der Waals surface area contributed by atoms with Gasteiger partial charge in [-0.1, -0.05) is 50.2 Å². The molecule has 0 spiro atoms. The van der Waals surface area contributed by atoms with Crippen LogP contribution in [0.4, 0.5) is 10.1 Å². The molecule has 0 aliphatic rings. The summed E-state index contributed by atoms with van der Waals surface area (Å²) in [6, 6.07) is 11.9. The van der Waals surface area contributed by atoms with Crippen LogP contribution in [0.5, 0.6) is 0 Å². The lowest BCUT2D eigenvalue weighted by Gasteiger charge is -2.32. The van der Waals surface area contributed by atoms with Crippen molar-refractivity contribution in [3.63, 3.8) is 0 Å². The molecule has 0 fully saturated rings. The number of carbonyl (C=O) groups excluding carboxylic acids is 2. The highest BCUT2D eigenvalue weighted by molar-refractivity contribution is 7.92. The number of halogens is 1. The van der Waals surface area contributed by atoms with E-state index < -0.39 is 34.3 Å². The summed E-state index contributed by atoms with van der Waals surface area (Å²) < 4.78 is 40.8. The predicted octanol–water partition coefficient (Wildman–Crippen LogP) is 3.49. The highest BCUT2D eigenvalue weighted by atomic mass is 32.2. The third-order valence-electron chi connectivity index (χ3n) is 5.79. The molecule has 2 unspecified atom stereocenters. The van der Waals surface area contributed by atoms with E-state index in [4.69, 9.17) is 0 Å². The maximum absolute atomic E-state index is 14.4. The number of rotatable bonds is 11. The average Bonchev–Trinajstić information content (AvgIpc) is 2.80. The van der Waals surface area contributed by atoms with Crippen molar-refractivity contribution in [2.24, 2.45) is 0 Å². The molecule has 0 bridgehead atoms. The largest absolute Gasteiger partial charge is 0.352 e. The Morgan fingerprint density at radius 2 is 1.59 bits per heavy atom. The second kappa shape index (κ2) is 12.0. The van der Waals surface area contributed by atoms with Gasteiger partial charge in [0.05, 0.1) is 11.9 Å². The Hall–Kier alpha value is -2.94. The highest BCUT2D eigenvalue weighted by Gasteiger charge is 2.31. The van der Waals surface area contributed by atoms with Gasteiger partial charge in [0.1, 0.15) is 18.4 Å². The number of aryl methyl sites for hydroxylation is 1. The molecule has 0 aromatic heterocycles. The number of amides is 2. The molecule has 2 rings (SSSR count). The number of sulfonamides is 1. The van der Waals surface area contributed by atoms with Crippen molar-refractivity contribution >= 4 is 27.5 Å². The normalized spacial score (nSPS) is 13.1. The number of hydrogen-bond acceptors (Lipinski definition) is 4. The van der Waals surface area contributed by atoms with E-state index in [1.54, 1.807) is 37.3 Å². The molecule has 0 heterocycles. The van der Waals surface area contributed by atoms with Crippen LogP contribution in [-0.4, -0.2) is 50.0 Å². The molecule has 186 valence electrons. The lowest BCUT2D eigenvalue weighted by Crippen LogP contribution is -2.52. The van der Waals surface area contributed by atoms with Crippen LogP contribution in [0.3, 0.4) is 0 Å². The van der Waals surface area contributed by atoms with Gasteiger partial charge in [0, 0.05) is 18.2 Å². The van der Waals surface area contributed by atoms with Gasteiger partial charge >= 0.3 is 0 Å². The molecule has 7 nitrogen and oxygen atoms in total. The van der Waals surface area contributed by atoms with Gasteiger partial charge in [-0.2, -0.15) is 0 Å². The van der Waals surface area contributed by atoms with Crippen LogP contribution < -0.4 is 9.62 Å². The quantitative estimate of drug-likeness (QED) is 0.521. The first-order valence-corrected chi connectivity index (χ1v) is 13.2. The standard InChI is InChI=1S/C25H34FN3O4S/c1-6-18(3)27-25(31)19(4)28(16-21-13-8-10-14-22(21)26)24(30)17-29(34(5,32)33)23-15-11-9-12-20(23)7-2/h8-15,18-19H,6-7,16-17H2,1-5H3,(H,27,31). The van der Waals surface area contributed by atoms with Crippen LogP contribution in [0.1, 0.15) is 45.2 Å². The molecular weight excluding hydrogens is 457 g/mol. The summed E-state index contributed by atoms with van der Waals surface area (Å²) in [5.74, 6) is -1.50. The monoisotopic (exact) mass is 491 g/mol. The van der Waals surface area contributed by atoms with Crippen LogP contribution in [0, 0.1) is 5.82 Å². The molecular formula is C25H34FN3O4S. The van der Waals surface area contributed by atoms with E-state index in [-0.39, 0.29) is 24.1 Å². The topological polar surface area (TPSA) is 86.8 Å². The minimum Gasteiger partial charge on any atom is -0.352 e. The SMILES string of the molecule is CCc1ccccc1N(CC(=O)N(Cc1ccccc1F)C(C)C(=O)NC(C)CC)S(C)(=O)=O. The second-order valence-electron chi connectivity index (χ2n) is 8.36. The van der Waals surface area contributed by atoms with Gasteiger partial charge in [-0.15, -0.1) is 0 Å². The number of nitrogens with zero attached hydrogens (tertiary/aromatic N) is 2. The number of carbonyl (C=O) groups is 2. The van der Waals surface area contributed by atoms with E-state index in [1.165, 1.54) is 23.1 Å². The third-order valence-corrected chi connectivity index (χ3v) is 6.91. The zero-order valence-electron chi connectivity index (χ0n) is 20.4. The molecule has 2 amide bonds. The van der Waals surface area contributed by atoms with Crippen molar-refractivity contribution in [2.75, 3.05) is 17.1 Å². The van der Waals surface area contributed by atoms with Crippen molar-refractivity contribution in [1.29, 1.82) is 0 Å². The van der Waals surface area contributed by atoms with Crippen LogP contribution >= 0.6 is 0 Å². The molecule has 2 atom stereocenters. The summed E-state index contributed by atoms with van der Waals surface area (Å²) in [6.07, 6.45) is 2.31. The Bertz CT molecular complexity index is 1110. The lowest BCUT2D eigenvalue weighted by molar-refractivity contribution is -0.139. The van der Waals surface area contributed by atoms with E-state index in [9.17, 15) is 22.4 Å². The van der Waals surface area contributed by atoms with Gasteiger partial charge in [0.15, 0.2) is 0 Å². The van der Waals surface area contributed by atoms with Crippen LogP contribution in [0.15, 0.2) is 48.5 Å². The van der Waals surface area contributed by atoms with Crippen molar-refractivity contribution < 1.29 is 22.4 Å². The number of para-hydroxylation sites is 1. The molecule has 0 aliphatic carbocycles. The van der Waals surface area contributed by atoms with Crippen molar-refractivity contribution in [3.05, 3.63) is 65.5 Å². The van der Waals surface area contributed by atoms with E-state index >= 15 is 0 Å². The fraction of sp³-hybridized carbons (Fsp3) is 0.440. The van der Waals surface area contributed by atoms with Gasteiger partial charge in [0.25, 0.3) is 0 Å². The van der Waals surface area contributed by atoms with Crippen LogP contribution in [0.2, 0.25) is 0 Å². The van der Waals surface area contributed by atoms with Crippen molar-refractivity contribution in [1.82, 2.24) is 10.2 Å². The van der Waals surface area contributed by atoms with E-state index in [0.717, 1.165) is 16.1 Å². The van der Waals surface area contributed by atoms with Gasteiger partial charge in [-0.25, -0.2) is 12.8 Å². The third kappa shape index (κ3) is 7.03. The van der Waals surface area contributed by atoms with Crippen LogP contribution in [-0.2, 0) is 32.6 Å². The summed E-state index contributed by atoms with van der Waals surface area (Å²) >= 11 is 0. The Labute approximate surface area is 202 Å². The smallest absolute Gasteiger partial charge is 0.244 e. The van der Waals surface area contributed by atoms with E-state index in [2.05, 4.69) is 5.32 Å². The van der Waals surface area contributed by atoms with Gasteiger partial charge in [0.2, 0.25) is 21.8 Å². The summed E-state index contributed by atoms with van der Waals surface area (Å²) in [5, 5.41) is 2.84. The van der Waals surface area contributed by atoms with Crippen molar-refractivity contribution in [3.8, 4) is 0 Å². The predicted molar refractivity (Wildman–Crippen MR) is 132 cm³/mol. The number of benzene rings is 2. The molecule has 34 heavy (non-hydrogen) atoms.